The molecule has 0 saturated carbocycles. The number of rotatable bonds is 6. The highest BCUT2D eigenvalue weighted by Gasteiger charge is 2.35. The van der Waals surface area contributed by atoms with Crippen LogP contribution in [0.15, 0.2) is 42.5 Å². The van der Waals surface area contributed by atoms with E-state index in [9.17, 15) is 14.9 Å². The molecule has 0 bridgehead atoms. The lowest BCUT2D eigenvalue weighted by Gasteiger charge is -2.38. The lowest BCUT2D eigenvalue weighted by Crippen LogP contribution is -2.44. The summed E-state index contributed by atoms with van der Waals surface area (Å²) in [5.41, 5.74) is 0.746. The second-order valence-corrected chi connectivity index (χ2v) is 7.13. The van der Waals surface area contributed by atoms with Crippen LogP contribution in [0, 0.1) is 10.1 Å². The molecule has 1 N–H and O–H groups in total. The van der Waals surface area contributed by atoms with Crippen molar-refractivity contribution in [3.05, 3.63) is 68.7 Å². The zero-order valence-electron chi connectivity index (χ0n) is 15.4. The van der Waals surface area contributed by atoms with Gasteiger partial charge < -0.3 is 14.8 Å². The molecule has 1 heterocycles. The van der Waals surface area contributed by atoms with E-state index in [0.717, 1.165) is 24.2 Å². The van der Waals surface area contributed by atoms with Gasteiger partial charge in [0.05, 0.1) is 12.0 Å². The number of carbonyl (C=O) groups is 1. The van der Waals surface area contributed by atoms with Crippen LogP contribution in [0.4, 0.5) is 5.69 Å². The van der Waals surface area contributed by atoms with E-state index in [2.05, 4.69) is 5.32 Å². The third-order valence-corrected chi connectivity index (χ3v) is 5.46. The smallest absolute Gasteiger partial charge is 0.288 e. The molecule has 0 spiro atoms. The maximum absolute atomic E-state index is 12.6. The molecule has 0 radical (unpaired) electrons. The third-order valence-electron chi connectivity index (χ3n) is 5.14. The number of methoxy groups -OCH3 is 1. The molecule has 1 saturated heterocycles. The van der Waals surface area contributed by atoms with Crippen molar-refractivity contribution in [1.82, 2.24) is 5.32 Å². The van der Waals surface area contributed by atoms with Crippen molar-refractivity contribution in [3.63, 3.8) is 0 Å². The van der Waals surface area contributed by atoms with E-state index >= 15 is 0 Å². The fourth-order valence-electron chi connectivity index (χ4n) is 3.42. The fourth-order valence-corrected chi connectivity index (χ4v) is 3.61. The maximum atomic E-state index is 12.6. The van der Waals surface area contributed by atoms with Gasteiger partial charge in [-0.25, -0.2) is 0 Å². The summed E-state index contributed by atoms with van der Waals surface area (Å²) in [7, 11) is 1.62. The second kappa shape index (κ2) is 8.58. The number of halogens is 1. The van der Waals surface area contributed by atoms with Gasteiger partial charge in [0.25, 0.3) is 11.6 Å². The van der Waals surface area contributed by atoms with Gasteiger partial charge in [0, 0.05) is 36.8 Å². The summed E-state index contributed by atoms with van der Waals surface area (Å²) in [6.45, 7) is 1.61. The summed E-state index contributed by atoms with van der Waals surface area (Å²) in [6, 6.07) is 11.8. The molecule has 2 aromatic carbocycles. The first-order valence-electron chi connectivity index (χ1n) is 8.90. The van der Waals surface area contributed by atoms with Gasteiger partial charge >= 0.3 is 0 Å². The lowest BCUT2D eigenvalue weighted by molar-refractivity contribution is -0.384. The molecule has 0 aromatic heterocycles. The van der Waals surface area contributed by atoms with Crippen molar-refractivity contribution in [2.75, 3.05) is 26.9 Å². The Hall–Kier alpha value is -2.64. The van der Waals surface area contributed by atoms with Gasteiger partial charge in [-0.05, 0) is 42.7 Å². The molecular weight excluding hydrogens is 384 g/mol. The summed E-state index contributed by atoms with van der Waals surface area (Å²) < 4.78 is 10.7. The summed E-state index contributed by atoms with van der Waals surface area (Å²) in [6.07, 6.45) is 1.53. The van der Waals surface area contributed by atoms with E-state index in [-0.39, 0.29) is 27.6 Å². The Bertz CT molecular complexity index is 863. The number of hydrogen-bond acceptors (Lipinski definition) is 5. The Balaban J connectivity index is 1.79. The molecule has 0 aliphatic carbocycles. The van der Waals surface area contributed by atoms with Gasteiger partial charge in [-0.2, -0.15) is 0 Å². The van der Waals surface area contributed by atoms with E-state index in [1.807, 2.05) is 24.3 Å². The highest BCUT2D eigenvalue weighted by molar-refractivity contribution is 6.32. The van der Waals surface area contributed by atoms with Crippen LogP contribution in [0.1, 0.15) is 28.8 Å². The van der Waals surface area contributed by atoms with Crippen LogP contribution in [0.3, 0.4) is 0 Å². The van der Waals surface area contributed by atoms with Gasteiger partial charge in [0.2, 0.25) is 0 Å². The molecule has 1 fully saturated rings. The number of nitrogens with one attached hydrogen (secondary N) is 1. The van der Waals surface area contributed by atoms with Crippen molar-refractivity contribution in [3.8, 4) is 5.75 Å². The average molecular weight is 405 g/mol. The van der Waals surface area contributed by atoms with Gasteiger partial charge in [-0.1, -0.05) is 23.7 Å². The molecular formula is C20H21ClN2O5. The van der Waals surface area contributed by atoms with Crippen LogP contribution in [0.25, 0.3) is 0 Å². The van der Waals surface area contributed by atoms with Crippen molar-refractivity contribution >= 4 is 23.2 Å². The summed E-state index contributed by atoms with van der Waals surface area (Å²) in [5.74, 6) is 0.391. The van der Waals surface area contributed by atoms with Crippen LogP contribution in [0.5, 0.6) is 5.75 Å². The Kier molecular flexibility index (Phi) is 6.16. The monoisotopic (exact) mass is 404 g/mol. The standard InChI is InChI=1S/C20H21ClN2O5/c1-27-16-5-3-15(4-6-16)20(8-10-28-11-9-20)13-22-19(24)14-2-7-17(21)18(12-14)23(25)26/h2-7,12H,8-11,13H2,1H3,(H,22,24). The fraction of sp³-hybridized carbons (Fsp3) is 0.350. The number of nitrogens with zero attached hydrogens (tertiary/aromatic N) is 1. The first kappa shape index (κ1) is 20.1. The molecule has 2 aromatic rings. The van der Waals surface area contributed by atoms with Crippen LogP contribution in [-0.2, 0) is 10.2 Å². The molecule has 1 aliphatic heterocycles. The first-order valence-corrected chi connectivity index (χ1v) is 9.27. The average Bonchev–Trinajstić information content (AvgIpc) is 2.73. The van der Waals surface area contributed by atoms with Crippen LogP contribution in [-0.4, -0.2) is 37.7 Å². The number of nitro groups is 1. The Morgan fingerprint density at radius 3 is 2.54 bits per heavy atom. The van der Waals surface area contributed by atoms with Crippen LogP contribution < -0.4 is 10.1 Å². The van der Waals surface area contributed by atoms with Crippen molar-refractivity contribution in [2.24, 2.45) is 0 Å². The molecule has 3 rings (SSSR count). The summed E-state index contributed by atoms with van der Waals surface area (Å²) in [4.78, 5) is 23.1. The van der Waals surface area contributed by atoms with Crippen molar-refractivity contribution < 1.29 is 19.2 Å². The minimum Gasteiger partial charge on any atom is -0.497 e. The third kappa shape index (κ3) is 4.26. The Morgan fingerprint density at radius 2 is 1.93 bits per heavy atom. The van der Waals surface area contributed by atoms with Crippen molar-refractivity contribution in [1.29, 1.82) is 0 Å². The van der Waals surface area contributed by atoms with E-state index in [0.29, 0.717) is 19.8 Å². The highest BCUT2D eigenvalue weighted by Crippen LogP contribution is 2.35. The number of hydrogen-bond donors (Lipinski definition) is 1. The lowest BCUT2D eigenvalue weighted by atomic mass is 9.74. The molecule has 148 valence electrons. The Morgan fingerprint density at radius 1 is 1.25 bits per heavy atom. The van der Waals surface area contributed by atoms with E-state index < -0.39 is 4.92 Å². The normalized spacial score (nSPS) is 15.6. The molecule has 0 unspecified atom stereocenters. The molecule has 1 aliphatic rings. The van der Waals surface area contributed by atoms with E-state index in [1.165, 1.54) is 18.2 Å². The highest BCUT2D eigenvalue weighted by atomic mass is 35.5. The largest absolute Gasteiger partial charge is 0.497 e. The number of benzene rings is 2. The molecule has 8 heteroatoms. The minimum atomic E-state index is -0.601. The van der Waals surface area contributed by atoms with Gasteiger partial charge in [-0.15, -0.1) is 0 Å². The first-order chi connectivity index (χ1) is 13.4. The maximum Gasteiger partial charge on any atom is 0.288 e. The molecule has 1 amide bonds. The van der Waals surface area contributed by atoms with E-state index in [1.54, 1.807) is 7.11 Å². The molecule has 0 atom stereocenters. The topological polar surface area (TPSA) is 90.7 Å². The second-order valence-electron chi connectivity index (χ2n) is 6.73. The van der Waals surface area contributed by atoms with E-state index in [4.69, 9.17) is 21.1 Å². The van der Waals surface area contributed by atoms with Crippen LogP contribution in [0.2, 0.25) is 5.02 Å². The number of ether oxygens (including phenoxy) is 2. The molecule has 7 nitrogen and oxygen atoms in total. The van der Waals surface area contributed by atoms with Crippen LogP contribution >= 0.6 is 11.6 Å². The minimum absolute atomic E-state index is 0.000632. The van der Waals surface area contributed by atoms with Gasteiger partial charge in [-0.3, -0.25) is 14.9 Å². The predicted octanol–water partition coefficient (Wildman–Crippen LogP) is 3.74. The molecule has 28 heavy (non-hydrogen) atoms. The Labute approximate surface area is 167 Å². The zero-order valence-corrected chi connectivity index (χ0v) is 16.2. The predicted molar refractivity (Wildman–Crippen MR) is 105 cm³/mol. The summed E-state index contributed by atoms with van der Waals surface area (Å²) >= 11 is 5.82. The SMILES string of the molecule is COc1ccc(C2(CNC(=O)c3ccc(Cl)c([N+](=O)[O-])c3)CCOCC2)cc1. The number of amides is 1. The van der Waals surface area contributed by atoms with Gasteiger partial charge in [0.1, 0.15) is 10.8 Å². The number of nitro benzene ring substituents is 1. The zero-order chi connectivity index (χ0) is 20.1. The van der Waals surface area contributed by atoms with Gasteiger partial charge in [0.15, 0.2) is 0 Å². The van der Waals surface area contributed by atoms with Crippen molar-refractivity contribution in [2.45, 2.75) is 18.3 Å². The quantitative estimate of drug-likeness (QED) is 0.585. The number of carbonyl (C=O) groups excluding carboxylic acids is 1. The summed E-state index contributed by atoms with van der Waals surface area (Å²) in [5, 5.41) is 14.0.